The second-order valence-electron chi connectivity index (χ2n) is 5.67. The van der Waals surface area contributed by atoms with Gasteiger partial charge >= 0.3 is 0 Å². The largest absolute Gasteiger partial charge is 0.298 e. The van der Waals surface area contributed by atoms with Crippen LogP contribution in [0.15, 0.2) is 36.4 Å². The molecule has 3 rings (SSSR count). The molecule has 0 N–H and O–H groups in total. The van der Waals surface area contributed by atoms with Crippen molar-refractivity contribution in [3.05, 3.63) is 47.5 Å². The van der Waals surface area contributed by atoms with E-state index in [-0.39, 0.29) is 0 Å². The summed E-state index contributed by atoms with van der Waals surface area (Å²) in [7, 11) is 0. The van der Waals surface area contributed by atoms with E-state index in [1.54, 1.807) is 0 Å². The minimum atomic E-state index is 0.668. The van der Waals surface area contributed by atoms with Gasteiger partial charge in [-0.1, -0.05) is 49.3 Å². The number of hydrogen-bond acceptors (Lipinski definition) is 1. The molecule has 18 heavy (non-hydrogen) atoms. The van der Waals surface area contributed by atoms with Crippen LogP contribution in [-0.2, 0) is 0 Å². The molecule has 0 spiro atoms. The highest BCUT2D eigenvalue weighted by atomic mass is 16.1. The average Bonchev–Trinajstić information content (AvgIpc) is 2.47. The molecule has 1 fully saturated rings. The van der Waals surface area contributed by atoms with E-state index >= 15 is 0 Å². The number of hydrogen-bond donors (Lipinski definition) is 0. The molecule has 1 nitrogen and oxygen atoms in total. The third kappa shape index (κ3) is 2.14. The van der Waals surface area contributed by atoms with Gasteiger partial charge in [-0.25, -0.2) is 0 Å². The van der Waals surface area contributed by atoms with Gasteiger partial charge in [-0.3, -0.25) is 4.79 Å². The lowest BCUT2D eigenvalue weighted by molar-refractivity contribution is 0.112. The summed E-state index contributed by atoms with van der Waals surface area (Å²) in [6, 6.07) is 8.22. The van der Waals surface area contributed by atoms with Gasteiger partial charge in [0.15, 0.2) is 0 Å². The van der Waals surface area contributed by atoms with E-state index in [1.807, 2.05) is 12.1 Å². The average molecular weight is 240 g/mol. The first-order chi connectivity index (χ1) is 8.88. The van der Waals surface area contributed by atoms with E-state index in [2.05, 4.69) is 24.3 Å². The maximum absolute atomic E-state index is 10.7. The zero-order valence-corrected chi connectivity index (χ0v) is 10.7. The molecule has 94 valence electrons. The van der Waals surface area contributed by atoms with Gasteiger partial charge in [0.05, 0.1) is 0 Å². The molecule has 0 bridgehead atoms. The summed E-state index contributed by atoms with van der Waals surface area (Å²) in [5.41, 5.74) is 2.20. The van der Waals surface area contributed by atoms with Crippen molar-refractivity contribution in [3.63, 3.8) is 0 Å². The van der Waals surface area contributed by atoms with Gasteiger partial charge in [0.2, 0.25) is 0 Å². The summed E-state index contributed by atoms with van der Waals surface area (Å²) in [5.74, 6) is 2.29. The first-order valence-corrected chi connectivity index (χ1v) is 7.10. The van der Waals surface area contributed by atoms with Crippen LogP contribution in [0.25, 0.3) is 0 Å². The Morgan fingerprint density at radius 1 is 1.06 bits per heavy atom. The second kappa shape index (κ2) is 5.09. The molecular formula is C17H20O. The summed E-state index contributed by atoms with van der Waals surface area (Å²) < 4.78 is 0. The van der Waals surface area contributed by atoms with E-state index in [0.29, 0.717) is 5.92 Å². The topological polar surface area (TPSA) is 17.1 Å². The van der Waals surface area contributed by atoms with Gasteiger partial charge in [-0.15, -0.1) is 0 Å². The Hall–Kier alpha value is -1.37. The number of rotatable bonds is 2. The summed E-state index contributed by atoms with van der Waals surface area (Å²) in [6.07, 6.45) is 12.4. The fourth-order valence-corrected chi connectivity index (χ4v) is 3.71. The molecule has 2 aliphatic carbocycles. The molecule has 1 saturated carbocycles. The predicted octanol–water partition coefficient (Wildman–Crippen LogP) is 4.35. The molecule has 1 aromatic carbocycles. The van der Waals surface area contributed by atoms with Crippen LogP contribution >= 0.6 is 0 Å². The third-order valence-electron chi connectivity index (χ3n) is 4.67. The highest BCUT2D eigenvalue weighted by molar-refractivity contribution is 5.74. The van der Waals surface area contributed by atoms with Crippen LogP contribution in [0.5, 0.6) is 0 Å². The van der Waals surface area contributed by atoms with E-state index in [1.165, 1.54) is 37.7 Å². The highest BCUT2D eigenvalue weighted by Crippen LogP contribution is 2.45. The standard InChI is InChI=1S/C17H20O/c18-12-13-8-10-15(11-9-13)17-7-3-5-14-4-1-2-6-16(14)17/h3,5,8-12,14,16-17H,1-2,4,6-7H2/t14-,16-,17-/m0/s1. The second-order valence-corrected chi connectivity index (χ2v) is 5.67. The molecular weight excluding hydrogens is 220 g/mol. The Morgan fingerprint density at radius 2 is 1.83 bits per heavy atom. The van der Waals surface area contributed by atoms with Crippen LogP contribution in [0.1, 0.15) is 53.9 Å². The van der Waals surface area contributed by atoms with Crippen LogP contribution in [0, 0.1) is 11.8 Å². The lowest BCUT2D eigenvalue weighted by Crippen LogP contribution is -2.26. The van der Waals surface area contributed by atoms with Gasteiger partial charge < -0.3 is 0 Å². The Labute approximate surface area is 109 Å². The summed E-state index contributed by atoms with van der Waals surface area (Å²) in [4.78, 5) is 10.7. The van der Waals surface area contributed by atoms with Crippen LogP contribution in [0.2, 0.25) is 0 Å². The van der Waals surface area contributed by atoms with E-state index in [4.69, 9.17) is 0 Å². The van der Waals surface area contributed by atoms with E-state index in [9.17, 15) is 4.79 Å². The molecule has 0 radical (unpaired) electrons. The molecule has 0 saturated heterocycles. The molecule has 3 atom stereocenters. The monoisotopic (exact) mass is 240 g/mol. The van der Waals surface area contributed by atoms with E-state index < -0.39 is 0 Å². The van der Waals surface area contributed by atoms with Crippen molar-refractivity contribution >= 4 is 6.29 Å². The van der Waals surface area contributed by atoms with Crippen molar-refractivity contribution in [1.29, 1.82) is 0 Å². The fourth-order valence-electron chi connectivity index (χ4n) is 3.71. The molecule has 0 unspecified atom stereocenters. The van der Waals surface area contributed by atoms with Crippen LogP contribution in [-0.4, -0.2) is 6.29 Å². The molecule has 0 amide bonds. The van der Waals surface area contributed by atoms with Crippen LogP contribution < -0.4 is 0 Å². The maximum Gasteiger partial charge on any atom is 0.150 e. The number of fused-ring (bicyclic) bond motifs is 1. The van der Waals surface area contributed by atoms with Crippen molar-refractivity contribution in [2.75, 3.05) is 0 Å². The normalized spacial score (nSPS) is 30.8. The van der Waals surface area contributed by atoms with Crippen molar-refractivity contribution in [2.45, 2.75) is 38.0 Å². The van der Waals surface area contributed by atoms with Crippen LogP contribution in [0.3, 0.4) is 0 Å². The Bertz CT molecular complexity index is 443. The van der Waals surface area contributed by atoms with E-state index in [0.717, 1.165) is 23.7 Å². The predicted molar refractivity (Wildman–Crippen MR) is 73.8 cm³/mol. The summed E-state index contributed by atoms with van der Waals surface area (Å²) in [5, 5.41) is 0. The van der Waals surface area contributed by atoms with Gasteiger partial charge in [0.1, 0.15) is 6.29 Å². The molecule has 0 aliphatic heterocycles. The number of benzene rings is 1. The first-order valence-electron chi connectivity index (χ1n) is 7.10. The zero-order valence-electron chi connectivity index (χ0n) is 10.7. The Kier molecular flexibility index (Phi) is 3.31. The third-order valence-corrected chi connectivity index (χ3v) is 4.67. The van der Waals surface area contributed by atoms with Crippen molar-refractivity contribution in [2.24, 2.45) is 11.8 Å². The fraction of sp³-hybridized carbons (Fsp3) is 0.471. The zero-order chi connectivity index (χ0) is 12.4. The van der Waals surface area contributed by atoms with Crippen molar-refractivity contribution < 1.29 is 4.79 Å². The van der Waals surface area contributed by atoms with Crippen molar-refractivity contribution in [1.82, 2.24) is 0 Å². The van der Waals surface area contributed by atoms with Gasteiger partial charge in [0.25, 0.3) is 0 Å². The lowest BCUT2D eigenvalue weighted by atomic mass is 9.66. The smallest absolute Gasteiger partial charge is 0.150 e. The molecule has 1 aromatic rings. The van der Waals surface area contributed by atoms with Gasteiger partial charge in [0, 0.05) is 5.56 Å². The van der Waals surface area contributed by atoms with Gasteiger partial charge in [-0.05, 0) is 42.6 Å². The SMILES string of the molecule is O=Cc1ccc([C@@H]2CC=C[C@@H]3CCCC[C@@H]32)cc1. The lowest BCUT2D eigenvalue weighted by Gasteiger charge is -2.38. The molecule has 1 heteroatoms. The molecule has 2 aliphatic rings. The Morgan fingerprint density at radius 3 is 2.61 bits per heavy atom. The maximum atomic E-state index is 10.7. The summed E-state index contributed by atoms with van der Waals surface area (Å²) >= 11 is 0. The number of aldehydes is 1. The number of carbonyl (C=O) groups excluding carboxylic acids is 1. The minimum Gasteiger partial charge on any atom is -0.298 e. The molecule has 0 aromatic heterocycles. The van der Waals surface area contributed by atoms with Crippen molar-refractivity contribution in [3.8, 4) is 0 Å². The highest BCUT2D eigenvalue weighted by Gasteiger charge is 2.32. The van der Waals surface area contributed by atoms with Gasteiger partial charge in [-0.2, -0.15) is 0 Å². The minimum absolute atomic E-state index is 0.668. The summed E-state index contributed by atoms with van der Waals surface area (Å²) in [6.45, 7) is 0. The first kappa shape index (κ1) is 11.7. The number of allylic oxidation sites excluding steroid dienone is 2. The Balaban J connectivity index is 1.85. The number of carbonyl (C=O) groups is 1. The molecule has 0 heterocycles. The quantitative estimate of drug-likeness (QED) is 0.555. The van der Waals surface area contributed by atoms with Crippen LogP contribution in [0.4, 0.5) is 0 Å².